The van der Waals surface area contributed by atoms with E-state index in [0.29, 0.717) is 9.65 Å². The molecule has 1 aliphatic heterocycles. The number of carbonyl (C=O) groups is 2. The zero-order chi connectivity index (χ0) is 10.5. The molecule has 4 atom stereocenters. The lowest BCUT2D eigenvalue weighted by Gasteiger charge is -2.29. The van der Waals surface area contributed by atoms with Gasteiger partial charge in [0, 0.05) is 16.7 Å². The topological polar surface area (TPSA) is 37.4 Å². The van der Waals surface area contributed by atoms with E-state index in [1.165, 1.54) is 4.90 Å². The van der Waals surface area contributed by atoms with Gasteiger partial charge in [-0.1, -0.05) is 31.9 Å². The van der Waals surface area contributed by atoms with Crippen LogP contribution in [-0.4, -0.2) is 33.4 Å². The highest BCUT2D eigenvalue weighted by Crippen LogP contribution is 2.42. The minimum Gasteiger partial charge on any atom is -0.285 e. The number of carbonyl (C=O) groups excluding carboxylic acids is 2. The third-order valence-electron chi connectivity index (χ3n) is 3.13. The first-order valence-electron chi connectivity index (χ1n) is 4.62. The van der Waals surface area contributed by atoms with Gasteiger partial charge in [0.1, 0.15) is 0 Å². The molecule has 1 aliphatic carbocycles. The number of imide groups is 1. The number of rotatable bonds is 0. The highest BCUT2D eigenvalue weighted by Gasteiger charge is 2.50. The van der Waals surface area contributed by atoms with Gasteiger partial charge < -0.3 is 0 Å². The van der Waals surface area contributed by atoms with Crippen LogP contribution in [0.5, 0.6) is 0 Å². The summed E-state index contributed by atoms with van der Waals surface area (Å²) in [6.07, 6.45) is 1.52. The molecule has 2 rings (SSSR count). The molecule has 0 N–H and O–H groups in total. The minimum atomic E-state index is -0.0920. The van der Waals surface area contributed by atoms with Gasteiger partial charge in [0.15, 0.2) is 0 Å². The number of hydrogen-bond acceptors (Lipinski definition) is 2. The highest BCUT2D eigenvalue weighted by atomic mass is 79.9. The van der Waals surface area contributed by atoms with Gasteiger partial charge in [-0.15, -0.1) is 0 Å². The molecule has 1 saturated heterocycles. The molecule has 3 nitrogen and oxygen atoms in total. The smallest absolute Gasteiger partial charge is 0.232 e. The Bertz CT molecular complexity index is 267. The van der Waals surface area contributed by atoms with Gasteiger partial charge >= 0.3 is 0 Å². The van der Waals surface area contributed by atoms with Crippen LogP contribution in [0.25, 0.3) is 0 Å². The lowest BCUT2D eigenvalue weighted by molar-refractivity contribution is -0.138. The first-order valence-corrected chi connectivity index (χ1v) is 6.45. The van der Waals surface area contributed by atoms with Crippen molar-refractivity contribution in [3.63, 3.8) is 0 Å². The maximum absolute atomic E-state index is 11.7. The van der Waals surface area contributed by atoms with E-state index in [0.717, 1.165) is 12.8 Å². The van der Waals surface area contributed by atoms with E-state index in [1.54, 1.807) is 7.05 Å². The first-order chi connectivity index (χ1) is 6.52. The SMILES string of the molecule is CN1C(=O)C2CC(Br)C(Br)CC2C1=O. The number of fused-ring (bicyclic) bond motifs is 1. The summed E-state index contributed by atoms with van der Waals surface area (Å²) in [5.74, 6) is -0.205. The Morgan fingerprint density at radius 3 is 1.79 bits per heavy atom. The Morgan fingerprint density at radius 2 is 1.43 bits per heavy atom. The van der Waals surface area contributed by atoms with Crippen molar-refractivity contribution in [2.45, 2.75) is 22.5 Å². The van der Waals surface area contributed by atoms with Gasteiger partial charge in [-0.3, -0.25) is 14.5 Å². The Morgan fingerprint density at radius 1 is 1.07 bits per heavy atom. The number of halogens is 2. The average molecular weight is 325 g/mol. The van der Waals surface area contributed by atoms with Gasteiger partial charge in [0.05, 0.1) is 11.8 Å². The number of likely N-dealkylation sites (tertiary alicyclic amines) is 1. The average Bonchev–Trinajstić information content (AvgIpc) is 2.34. The van der Waals surface area contributed by atoms with Crippen molar-refractivity contribution in [2.24, 2.45) is 11.8 Å². The third kappa shape index (κ3) is 1.45. The van der Waals surface area contributed by atoms with Crippen LogP contribution in [-0.2, 0) is 9.59 Å². The normalized spacial score (nSPS) is 42.9. The number of amides is 2. The summed E-state index contributed by atoms with van der Waals surface area (Å²) < 4.78 is 0. The predicted octanol–water partition coefficient (Wildman–Crippen LogP) is 1.54. The van der Waals surface area contributed by atoms with E-state index >= 15 is 0 Å². The molecule has 5 heteroatoms. The maximum atomic E-state index is 11.7. The van der Waals surface area contributed by atoms with E-state index in [1.807, 2.05) is 0 Å². The van der Waals surface area contributed by atoms with E-state index in [9.17, 15) is 9.59 Å². The molecule has 0 aromatic carbocycles. The van der Waals surface area contributed by atoms with Crippen molar-refractivity contribution < 1.29 is 9.59 Å². The Balaban J connectivity index is 2.24. The third-order valence-corrected chi connectivity index (χ3v) is 5.87. The lowest BCUT2D eigenvalue weighted by Crippen LogP contribution is -2.34. The zero-order valence-corrected chi connectivity index (χ0v) is 10.9. The molecule has 0 aromatic heterocycles. The van der Waals surface area contributed by atoms with Crippen LogP contribution in [0, 0.1) is 11.8 Å². The standard InChI is InChI=1S/C9H11Br2NO2/c1-12-8(13)4-2-6(10)7(11)3-5(4)9(12)14/h4-7H,2-3H2,1H3. The number of nitrogens with zero attached hydrogens (tertiary/aromatic N) is 1. The molecule has 0 radical (unpaired) electrons. The maximum Gasteiger partial charge on any atom is 0.232 e. The fourth-order valence-corrected chi connectivity index (χ4v) is 3.50. The Hall–Kier alpha value is 0.1000. The molecule has 2 aliphatic rings. The van der Waals surface area contributed by atoms with Crippen molar-refractivity contribution in [3.05, 3.63) is 0 Å². The molecule has 4 unspecified atom stereocenters. The molecule has 2 amide bonds. The Labute approximate surface area is 99.5 Å². The van der Waals surface area contributed by atoms with Crippen molar-refractivity contribution >= 4 is 43.7 Å². The second-order valence-corrected chi connectivity index (χ2v) is 6.30. The van der Waals surface area contributed by atoms with Crippen molar-refractivity contribution in [1.29, 1.82) is 0 Å². The molecule has 1 saturated carbocycles. The van der Waals surface area contributed by atoms with Crippen LogP contribution in [0.4, 0.5) is 0 Å². The minimum absolute atomic E-state index is 0.0103. The van der Waals surface area contributed by atoms with Gasteiger partial charge in [0.2, 0.25) is 11.8 Å². The second-order valence-electron chi connectivity index (χ2n) is 3.95. The predicted molar refractivity (Wildman–Crippen MR) is 59.4 cm³/mol. The van der Waals surface area contributed by atoms with Crippen LogP contribution in [0.2, 0.25) is 0 Å². The fraction of sp³-hybridized carbons (Fsp3) is 0.778. The summed E-state index contributed by atoms with van der Waals surface area (Å²) in [6.45, 7) is 0. The van der Waals surface area contributed by atoms with Crippen molar-refractivity contribution in [3.8, 4) is 0 Å². The fourth-order valence-electron chi connectivity index (χ4n) is 2.26. The second kappa shape index (κ2) is 3.59. The van der Waals surface area contributed by atoms with Crippen molar-refractivity contribution in [2.75, 3.05) is 7.05 Å². The van der Waals surface area contributed by atoms with E-state index in [4.69, 9.17) is 0 Å². The van der Waals surface area contributed by atoms with Crippen LogP contribution >= 0.6 is 31.9 Å². The summed E-state index contributed by atoms with van der Waals surface area (Å²) >= 11 is 7.06. The molecule has 14 heavy (non-hydrogen) atoms. The molecule has 78 valence electrons. The molecule has 0 spiro atoms. The van der Waals surface area contributed by atoms with Crippen LogP contribution in [0.15, 0.2) is 0 Å². The zero-order valence-electron chi connectivity index (χ0n) is 7.74. The molecular formula is C9H11Br2NO2. The molecule has 0 aromatic rings. The molecule has 0 bridgehead atoms. The largest absolute Gasteiger partial charge is 0.285 e. The summed E-state index contributed by atoms with van der Waals surface area (Å²) in [7, 11) is 1.58. The van der Waals surface area contributed by atoms with Crippen LogP contribution in [0.3, 0.4) is 0 Å². The lowest BCUT2D eigenvalue weighted by atomic mass is 9.81. The summed E-state index contributed by atoms with van der Waals surface area (Å²) in [5, 5.41) is 0. The van der Waals surface area contributed by atoms with E-state index in [-0.39, 0.29) is 23.7 Å². The number of alkyl halides is 2. The number of hydrogen-bond donors (Lipinski definition) is 0. The molecular weight excluding hydrogens is 314 g/mol. The van der Waals surface area contributed by atoms with Gasteiger partial charge in [-0.05, 0) is 12.8 Å². The quantitative estimate of drug-likeness (QED) is 0.500. The van der Waals surface area contributed by atoms with Crippen molar-refractivity contribution in [1.82, 2.24) is 4.90 Å². The van der Waals surface area contributed by atoms with Gasteiger partial charge in [0.25, 0.3) is 0 Å². The van der Waals surface area contributed by atoms with Crippen LogP contribution in [0.1, 0.15) is 12.8 Å². The monoisotopic (exact) mass is 323 g/mol. The first kappa shape index (κ1) is 10.6. The van der Waals surface area contributed by atoms with Crippen LogP contribution < -0.4 is 0 Å². The summed E-state index contributed by atoms with van der Waals surface area (Å²) in [6, 6.07) is 0. The van der Waals surface area contributed by atoms with E-state index < -0.39 is 0 Å². The van der Waals surface area contributed by atoms with Gasteiger partial charge in [-0.25, -0.2) is 0 Å². The highest BCUT2D eigenvalue weighted by molar-refractivity contribution is 9.12. The van der Waals surface area contributed by atoms with Gasteiger partial charge in [-0.2, -0.15) is 0 Å². The molecule has 2 fully saturated rings. The summed E-state index contributed by atoms with van der Waals surface area (Å²) in [4.78, 5) is 25.2. The summed E-state index contributed by atoms with van der Waals surface area (Å²) in [5.41, 5.74) is 0. The Kier molecular flexibility index (Phi) is 2.72. The van der Waals surface area contributed by atoms with E-state index in [2.05, 4.69) is 31.9 Å². The molecule has 1 heterocycles.